The molecule has 0 amide bonds. The highest BCUT2D eigenvalue weighted by Gasteiger charge is 2.31. The standard InChI is InChI=1S/C16H21NO/c1-16(2,3)12-6-4-5-11-14(10-7-8-10)13(9-17)18-15(11)12/h4-6,10H,7-9,17H2,1-3H3. The van der Waals surface area contributed by atoms with Crippen molar-refractivity contribution in [3.63, 3.8) is 0 Å². The maximum atomic E-state index is 6.08. The van der Waals surface area contributed by atoms with Crippen LogP contribution < -0.4 is 5.73 Å². The summed E-state index contributed by atoms with van der Waals surface area (Å²) < 4.78 is 6.08. The SMILES string of the molecule is CC(C)(C)c1cccc2c(C3CC3)c(CN)oc12. The summed E-state index contributed by atoms with van der Waals surface area (Å²) in [7, 11) is 0. The van der Waals surface area contributed by atoms with E-state index in [9.17, 15) is 0 Å². The number of hydrogen-bond donors (Lipinski definition) is 1. The van der Waals surface area contributed by atoms with Crippen LogP contribution in [0.1, 0.15) is 56.4 Å². The van der Waals surface area contributed by atoms with Crippen molar-refractivity contribution in [1.82, 2.24) is 0 Å². The highest BCUT2D eigenvalue weighted by atomic mass is 16.3. The van der Waals surface area contributed by atoms with Crippen LogP contribution in [0, 0.1) is 0 Å². The lowest BCUT2D eigenvalue weighted by atomic mass is 9.85. The molecule has 0 bridgehead atoms. The second kappa shape index (κ2) is 3.86. The lowest BCUT2D eigenvalue weighted by molar-refractivity contribution is 0.523. The largest absolute Gasteiger partial charge is 0.459 e. The number of nitrogens with two attached hydrogens (primary N) is 1. The molecule has 0 saturated heterocycles. The van der Waals surface area contributed by atoms with Gasteiger partial charge in [0.2, 0.25) is 0 Å². The molecular weight excluding hydrogens is 222 g/mol. The van der Waals surface area contributed by atoms with E-state index in [0.717, 1.165) is 11.3 Å². The highest BCUT2D eigenvalue weighted by Crippen LogP contribution is 2.47. The van der Waals surface area contributed by atoms with E-state index in [-0.39, 0.29) is 5.41 Å². The number of furan rings is 1. The molecule has 0 radical (unpaired) electrons. The van der Waals surface area contributed by atoms with Crippen LogP contribution in [0.4, 0.5) is 0 Å². The van der Waals surface area contributed by atoms with Gasteiger partial charge in [-0.15, -0.1) is 0 Å². The summed E-state index contributed by atoms with van der Waals surface area (Å²) in [4.78, 5) is 0. The van der Waals surface area contributed by atoms with Gasteiger partial charge in [0.1, 0.15) is 11.3 Å². The van der Waals surface area contributed by atoms with Crippen molar-refractivity contribution >= 4 is 11.0 Å². The fourth-order valence-electron chi connectivity index (χ4n) is 2.75. The summed E-state index contributed by atoms with van der Waals surface area (Å²) in [5, 5.41) is 1.28. The van der Waals surface area contributed by atoms with Gasteiger partial charge in [0, 0.05) is 16.5 Å². The van der Waals surface area contributed by atoms with Gasteiger partial charge in [-0.05, 0) is 24.2 Å². The average Bonchev–Trinajstić information content (AvgIpc) is 3.07. The molecule has 18 heavy (non-hydrogen) atoms. The molecule has 1 fully saturated rings. The number of hydrogen-bond acceptors (Lipinski definition) is 2. The first-order valence-corrected chi connectivity index (χ1v) is 6.77. The molecule has 1 heterocycles. The van der Waals surface area contributed by atoms with Gasteiger partial charge in [0.15, 0.2) is 0 Å². The van der Waals surface area contributed by atoms with Crippen LogP contribution in [-0.2, 0) is 12.0 Å². The monoisotopic (exact) mass is 243 g/mol. The Morgan fingerprint density at radius 3 is 2.56 bits per heavy atom. The molecule has 2 N–H and O–H groups in total. The maximum Gasteiger partial charge on any atom is 0.138 e. The molecule has 0 unspecified atom stereocenters. The predicted molar refractivity (Wildman–Crippen MR) is 74.8 cm³/mol. The molecule has 1 aromatic carbocycles. The first kappa shape index (κ1) is 11.8. The fraction of sp³-hybridized carbons (Fsp3) is 0.500. The van der Waals surface area contributed by atoms with Crippen LogP contribution in [0.25, 0.3) is 11.0 Å². The Hall–Kier alpha value is -1.28. The summed E-state index contributed by atoms with van der Waals surface area (Å²) in [6.07, 6.45) is 2.56. The summed E-state index contributed by atoms with van der Waals surface area (Å²) in [5.74, 6) is 1.67. The Bertz CT molecular complexity index is 585. The smallest absolute Gasteiger partial charge is 0.138 e. The number of para-hydroxylation sites is 1. The zero-order valence-electron chi connectivity index (χ0n) is 11.4. The molecule has 0 spiro atoms. The second-order valence-electron chi connectivity index (χ2n) is 6.35. The van der Waals surface area contributed by atoms with E-state index in [2.05, 4.69) is 39.0 Å². The van der Waals surface area contributed by atoms with Crippen molar-refractivity contribution in [2.45, 2.75) is 51.5 Å². The summed E-state index contributed by atoms with van der Waals surface area (Å²) >= 11 is 0. The van der Waals surface area contributed by atoms with Gasteiger partial charge < -0.3 is 10.2 Å². The van der Waals surface area contributed by atoms with E-state index in [4.69, 9.17) is 10.2 Å². The van der Waals surface area contributed by atoms with Gasteiger partial charge in [-0.25, -0.2) is 0 Å². The van der Waals surface area contributed by atoms with Crippen LogP contribution in [0.3, 0.4) is 0 Å². The molecule has 2 heteroatoms. The molecule has 0 atom stereocenters. The van der Waals surface area contributed by atoms with Crippen molar-refractivity contribution in [2.75, 3.05) is 0 Å². The zero-order chi connectivity index (χ0) is 12.9. The van der Waals surface area contributed by atoms with Crippen LogP contribution in [0.2, 0.25) is 0 Å². The fourth-order valence-corrected chi connectivity index (χ4v) is 2.75. The minimum atomic E-state index is 0.101. The van der Waals surface area contributed by atoms with Crippen molar-refractivity contribution in [2.24, 2.45) is 5.73 Å². The van der Waals surface area contributed by atoms with E-state index in [1.165, 1.54) is 29.4 Å². The summed E-state index contributed by atoms with van der Waals surface area (Å²) in [6.45, 7) is 7.18. The van der Waals surface area contributed by atoms with Crippen molar-refractivity contribution in [1.29, 1.82) is 0 Å². The molecular formula is C16H21NO. The molecule has 2 nitrogen and oxygen atoms in total. The summed E-state index contributed by atoms with van der Waals surface area (Å²) in [5.41, 5.74) is 9.65. The van der Waals surface area contributed by atoms with E-state index in [0.29, 0.717) is 12.5 Å². The molecule has 1 saturated carbocycles. The van der Waals surface area contributed by atoms with Gasteiger partial charge in [-0.1, -0.05) is 39.0 Å². The second-order valence-corrected chi connectivity index (χ2v) is 6.35. The number of fused-ring (bicyclic) bond motifs is 1. The third-order valence-corrected chi connectivity index (χ3v) is 3.81. The molecule has 2 aromatic rings. The summed E-state index contributed by atoms with van der Waals surface area (Å²) in [6, 6.07) is 6.49. The first-order valence-electron chi connectivity index (χ1n) is 6.77. The van der Waals surface area contributed by atoms with Gasteiger partial charge in [-0.3, -0.25) is 0 Å². The Labute approximate surface area is 108 Å². The molecule has 1 aliphatic carbocycles. The third kappa shape index (κ3) is 1.76. The molecule has 3 rings (SSSR count). The van der Waals surface area contributed by atoms with E-state index < -0.39 is 0 Å². The molecule has 1 aliphatic rings. The van der Waals surface area contributed by atoms with Crippen molar-refractivity contribution in [3.05, 3.63) is 35.1 Å². The van der Waals surface area contributed by atoms with Gasteiger partial charge >= 0.3 is 0 Å². The Balaban J connectivity index is 2.30. The zero-order valence-corrected chi connectivity index (χ0v) is 11.4. The lowest BCUT2D eigenvalue weighted by Crippen LogP contribution is -2.11. The Morgan fingerprint density at radius 2 is 2.00 bits per heavy atom. The molecule has 0 aliphatic heterocycles. The third-order valence-electron chi connectivity index (χ3n) is 3.81. The number of benzene rings is 1. The minimum absolute atomic E-state index is 0.101. The van der Waals surface area contributed by atoms with Crippen LogP contribution in [0.5, 0.6) is 0 Å². The normalized spacial score (nSPS) is 16.4. The van der Waals surface area contributed by atoms with Crippen molar-refractivity contribution < 1.29 is 4.42 Å². The maximum absolute atomic E-state index is 6.08. The van der Waals surface area contributed by atoms with Crippen molar-refractivity contribution in [3.8, 4) is 0 Å². The average molecular weight is 243 g/mol. The van der Waals surface area contributed by atoms with E-state index >= 15 is 0 Å². The van der Waals surface area contributed by atoms with Gasteiger partial charge in [0.25, 0.3) is 0 Å². The minimum Gasteiger partial charge on any atom is -0.459 e. The highest BCUT2D eigenvalue weighted by molar-refractivity contribution is 5.86. The predicted octanol–water partition coefficient (Wildman–Crippen LogP) is 4.07. The Morgan fingerprint density at radius 1 is 1.28 bits per heavy atom. The lowest BCUT2D eigenvalue weighted by Gasteiger charge is -2.18. The molecule has 96 valence electrons. The van der Waals surface area contributed by atoms with Gasteiger partial charge in [0.05, 0.1) is 6.54 Å². The molecule has 1 aromatic heterocycles. The van der Waals surface area contributed by atoms with E-state index in [1.807, 2.05) is 0 Å². The van der Waals surface area contributed by atoms with Gasteiger partial charge in [-0.2, -0.15) is 0 Å². The van der Waals surface area contributed by atoms with Crippen LogP contribution in [-0.4, -0.2) is 0 Å². The van der Waals surface area contributed by atoms with E-state index in [1.54, 1.807) is 0 Å². The first-order chi connectivity index (χ1) is 8.52. The quantitative estimate of drug-likeness (QED) is 0.863. The topological polar surface area (TPSA) is 39.2 Å². The Kier molecular flexibility index (Phi) is 2.53. The van der Waals surface area contributed by atoms with Crippen LogP contribution >= 0.6 is 0 Å². The van der Waals surface area contributed by atoms with Crippen LogP contribution in [0.15, 0.2) is 22.6 Å². The number of rotatable bonds is 2.